The molecule has 1 N–H and O–H groups in total. The molecule has 126 valence electrons. The van der Waals surface area contributed by atoms with Crippen LogP contribution in [0.1, 0.15) is 23.6 Å². The Balaban J connectivity index is 1.60. The molecule has 0 spiro atoms. The minimum atomic E-state index is -0.571. The summed E-state index contributed by atoms with van der Waals surface area (Å²) in [7, 11) is 0. The maximum Gasteiger partial charge on any atom is 0.249 e. The maximum atomic E-state index is 13.1. The number of carbonyl (C=O) groups excluding carboxylic acids is 1. The zero-order chi connectivity index (χ0) is 16.9. The second-order valence-electron chi connectivity index (χ2n) is 5.98. The van der Waals surface area contributed by atoms with Gasteiger partial charge in [-0.25, -0.2) is 4.39 Å². The molecule has 1 fully saturated rings. The summed E-state index contributed by atoms with van der Waals surface area (Å²) in [5, 5.41) is 9.93. The van der Waals surface area contributed by atoms with E-state index in [-0.39, 0.29) is 30.9 Å². The molecule has 1 aliphatic rings. The number of rotatable bonds is 5. The number of aliphatic hydroxyl groups excluding tert-OH is 1. The van der Waals surface area contributed by atoms with E-state index in [0.717, 1.165) is 11.1 Å². The average molecular weight is 329 g/mol. The summed E-state index contributed by atoms with van der Waals surface area (Å²) < 4.78 is 18.6. The summed E-state index contributed by atoms with van der Waals surface area (Å²) in [6.07, 6.45) is -0.117. The first kappa shape index (κ1) is 16.6. The molecule has 0 bridgehead atoms. The van der Waals surface area contributed by atoms with Gasteiger partial charge in [0.1, 0.15) is 12.4 Å². The Morgan fingerprint density at radius 1 is 1.17 bits per heavy atom. The molecule has 0 saturated carbocycles. The van der Waals surface area contributed by atoms with Gasteiger partial charge in [0.2, 0.25) is 5.91 Å². The third-order valence-electron chi connectivity index (χ3n) is 4.19. The topological polar surface area (TPSA) is 49.8 Å². The van der Waals surface area contributed by atoms with Gasteiger partial charge < -0.3 is 14.7 Å². The number of ether oxygens (including phenoxy) is 1. The quantitative estimate of drug-likeness (QED) is 0.917. The van der Waals surface area contributed by atoms with Gasteiger partial charge in [-0.2, -0.15) is 0 Å². The van der Waals surface area contributed by atoms with Crippen molar-refractivity contribution in [3.8, 4) is 0 Å². The van der Waals surface area contributed by atoms with Crippen molar-refractivity contribution in [1.29, 1.82) is 0 Å². The van der Waals surface area contributed by atoms with Crippen LogP contribution in [0.4, 0.5) is 4.39 Å². The van der Waals surface area contributed by atoms with Crippen molar-refractivity contribution in [2.45, 2.75) is 25.2 Å². The second-order valence-corrected chi connectivity index (χ2v) is 5.98. The van der Waals surface area contributed by atoms with Crippen LogP contribution in [-0.2, 0) is 16.1 Å². The highest BCUT2D eigenvalue weighted by molar-refractivity contribution is 5.78. The van der Waals surface area contributed by atoms with Crippen LogP contribution in [0.25, 0.3) is 0 Å². The van der Waals surface area contributed by atoms with Gasteiger partial charge in [0, 0.05) is 6.54 Å². The first-order valence-electron chi connectivity index (χ1n) is 7.98. The zero-order valence-electron chi connectivity index (χ0n) is 13.3. The van der Waals surface area contributed by atoms with E-state index in [9.17, 15) is 14.3 Å². The van der Waals surface area contributed by atoms with E-state index in [4.69, 9.17) is 4.74 Å². The molecule has 1 heterocycles. The number of hydrogen-bond acceptors (Lipinski definition) is 3. The lowest BCUT2D eigenvalue weighted by atomic mass is 10.0. The standard InChI is InChI=1S/C19H20FNO3/c20-16-8-6-15(7-9-16)18-10-17(22)11-21(18)19(23)13-24-12-14-4-2-1-3-5-14/h1-9,17-18,22H,10-13H2. The predicted molar refractivity (Wildman–Crippen MR) is 87.6 cm³/mol. The number of aliphatic hydroxyl groups is 1. The maximum absolute atomic E-state index is 13.1. The van der Waals surface area contributed by atoms with Crippen LogP contribution < -0.4 is 0 Å². The first-order chi connectivity index (χ1) is 11.6. The number of hydrogen-bond donors (Lipinski definition) is 1. The second kappa shape index (κ2) is 7.55. The third-order valence-corrected chi connectivity index (χ3v) is 4.19. The van der Waals surface area contributed by atoms with E-state index >= 15 is 0 Å². The number of carbonyl (C=O) groups is 1. The highest BCUT2D eigenvalue weighted by Crippen LogP contribution is 2.32. The first-order valence-corrected chi connectivity index (χ1v) is 7.98. The lowest BCUT2D eigenvalue weighted by Gasteiger charge is -2.24. The molecule has 2 aromatic carbocycles. The lowest BCUT2D eigenvalue weighted by Crippen LogP contribution is -2.34. The monoisotopic (exact) mass is 329 g/mol. The molecule has 5 heteroatoms. The van der Waals surface area contributed by atoms with E-state index in [0.29, 0.717) is 13.0 Å². The van der Waals surface area contributed by atoms with Crippen molar-refractivity contribution >= 4 is 5.91 Å². The molecule has 1 aliphatic heterocycles. The summed E-state index contributed by atoms with van der Waals surface area (Å²) in [5.74, 6) is -0.488. The van der Waals surface area contributed by atoms with E-state index in [1.165, 1.54) is 12.1 Å². The Morgan fingerprint density at radius 3 is 2.58 bits per heavy atom. The Hall–Kier alpha value is -2.24. The molecule has 24 heavy (non-hydrogen) atoms. The van der Waals surface area contributed by atoms with Gasteiger partial charge in [-0.1, -0.05) is 42.5 Å². The van der Waals surface area contributed by atoms with E-state index in [2.05, 4.69) is 0 Å². The van der Waals surface area contributed by atoms with Gasteiger partial charge in [-0.15, -0.1) is 0 Å². The minimum Gasteiger partial charge on any atom is -0.391 e. The Kier molecular flexibility index (Phi) is 5.23. The van der Waals surface area contributed by atoms with Crippen molar-refractivity contribution in [3.05, 3.63) is 71.5 Å². The summed E-state index contributed by atoms with van der Waals surface area (Å²) in [6.45, 7) is 0.596. The van der Waals surface area contributed by atoms with Crippen molar-refractivity contribution in [3.63, 3.8) is 0 Å². The number of amides is 1. The Bertz CT molecular complexity index is 675. The largest absolute Gasteiger partial charge is 0.391 e. The fraction of sp³-hybridized carbons (Fsp3) is 0.316. The normalized spacial score (nSPS) is 20.3. The predicted octanol–water partition coefficient (Wildman–Crippen LogP) is 2.68. The van der Waals surface area contributed by atoms with Gasteiger partial charge in [0.15, 0.2) is 0 Å². The van der Waals surface area contributed by atoms with Gasteiger partial charge in [-0.3, -0.25) is 4.79 Å². The SMILES string of the molecule is O=C(COCc1ccccc1)N1CC(O)CC1c1ccc(F)cc1. The molecule has 1 amide bonds. The summed E-state index contributed by atoms with van der Waals surface area (Å²) >= 11 is 0. The molecule has 1 saturated heterocycles. The smallest absolute Gasteiger partial charge is 0.249 e. The van der Waals surface area contributed by atoms with Crippen LogP contribution in [0.3, 0.4) is 0 Å². The molecule has 2 atom stereocenters. The molecule has 0 aromatic heterocycles. The van der Waals surface area contributed by atoms with Crippen LogP contribution >= 0.6 is 0 Å². The molecular weight excluding hydrogens is 309 g/mol. The van der Waals surface area contributed by atoms with Crippen LogP contribution in [0, 0.1) is 5.82 Å². The van der Waals surface area contributed by atoms with Crippen LogP contribution in [0.15, 0.2) is 54.6 Å². The molecule has 0 aliphatic carbocycles. The van der Waals surface area contributed by atoms with E-state index in [1.807, 2.05) is 30.3 Å². The number of benzene rings is 2. The molecular formula is C19H20FNO3. The van der Waals surface area contributed by atoms with Gasteiger partial charge in [-0.05, 0) is 29.7 Å². The number of halogens is 1. The number of nitrogens with zero attached hydrogens (tertiary/aromatic N) is 1. The molecule has 4 nitrogen and oxygen atoms in total. The van der Waals surface area contributed by atoms with Gasteiger partial charge >= 0.3 is 0 Å². The molecule has 0 radical (unpaired) electrons. The zero-order valence-corrected chi connectivity index (χ0v) is 13.3. The number of likely N-dealkylation sites (tertiary alicyclic amines) is 1. The van der Waals surface area contributed by atoms with Crippen LogP contribution in [0.5, 0.6) is 0 Å². The third kappa shape index (κ3) is 3.99. The summed E-state index contributed by atoms with van der Waals surface area (Å²) in [4.78, 5) is 14.1. The van der Waals surface area contributed by atoms with Crippen molar-refractivity contribution in [2.24, 2.45) is 0 Å². The Morgan fingerprint density at radius 2 is 1.88 bits per heavy atom. The fourth-order valence-electron chi connectivity index (χ4n) is 3.00. The summed E-state index contributed by atoms with van der Waals surface area (Å²) in [6, 6.07) is 15.4. The van der Waals surface area contributed by atoms with E-state index < -0.39 is 6.10 Å². The minimum absolute atomic E-state index is 0.0424. The molecule has 2 aromatic rings. The van der Waals surface area contributed by atoms with Crippen molar-refractivity contribution < 1.29 is 19.0 Å². The summed E-state index contributed by atoms with van der Waals surface area (Å²) in [5.41, 5.74) is 1.83. The highest BCUT2D eigenvalue weighted by atomic mass is 19.1. The van der Waals surface area contributed by atoms with Gasteiger partial charge in [0.25, 0.3) is 0 Å². The van der Waals surface area contributed by atoms with Gasteiger partial charge in [0.05, 0.1) is 18.8 Å². The lowest BCUT2D eigenvalue weighted by molar-refractivity contribution is -0.137. The molecule has 2 unspecified atom stereocenters. The van der Waals surface area contributed by atoms with Crippen molar-refractivity contribution in [2.75, 3.05) is 13.2 Å². The fourth-order valence-corrected chi connectivity index (χ4v) is 3.00. The highest BCUT2D eigenvalue weighted by Gasteiger charge is 2.35. The van der Waals surface area contributed by atoms with E-state index in [1.54, 1.807) is 17.0 Å². The molecule has 3 rings (SSSR count). The number of β-amino-alcohol motifs (C(OH)–C–C–N with tert-alkyl or cyclic N) is 1. The van der Waals surface area contributed by atoms with Crippen LogP contribution in [0.2, 0.25) is 0 Å². The average Bonchev–Trinajstić information content (AvgIpc) is 2.98. The van der Waals surface area contributed by atoms with Crippen LogP contribution in [-0.4, -0.2) is 35.2 Å². The van der Waals surface area contributed by atoms with Crippen molar-refractivity contribution in [1.82, 2.24) is 4.90 Å². The Labute approximate surface area is 140 Å².